The molecule has 3 nitrogen and oxygen atoms in total. The molecule has 0 aromatic carbocycles. The second kappa shape index (κ2) is 1.87. The predicted octanol–water partition coefficient (Wildman–Crippen LogP) is 1.12. The Kier molecular flexibility index (Phi) is 1.03. The third-order valence-corrected chi connectivity index (χ3v) is 1.47. The molecule has 52 valence electrons. The summed E-state index contributed by atoms with van der Waals surface area (Å²) in [6.45, 7) is 2.27. The van der Waals surface area contributed by atoms with Crippen LogP contribution in [0.4, 0.5) is 0 Å². The molecule has 0 spiro atoms. The van der Waals surface area contributed by atoms with Crippen LogP contribution in [-0.4, -0.2) is 11.8 Å². The molecule has 0 aliphatic carbocycles. The standard InChI is InChI=1S/C7H7NO2/c1-5-2-3-8-7-6(5)9-4-10-7/h2-3H,4H2,1H3. The summed E-state index contributed by atoms with van der Waals surface area (Å²) >= 11 is 0. The monoisotopic (exact) mass is 137 g/mol. The van der Waals surface area contributed by atoms with Crippen LogP contribution < -0.4 is 9.47 Å². The Balaban J connectivity index is 2.59. The molecule has 0 saturated carbocycles. The van der Waals surface area contributed by atoms with Crippen LogP contribution in [0.1, 0.15) is 5.56 Å². The van der Waals surface area contributed by atoms with E-state index in [0.717, 1.165) is 11.3 Å². The summed E-state index contributed by atoms with van der Waals surface area (Å²) in [6.07, 6.45) is 1.71. The lowest BCUT2D eigenvalue weighted by molar-refractivity contribution is 0.170. The maximum Gasteiger partial charge on any atom is 0.260 e. The van der Waals surface area contributed by atoms with Crippen LogP contribution in [0, 0.1) is 6.92 Å². The molecule has 0 bridgehead atoms. The van der Waals surface area contributed by atoms with Crippen molar-refractivity contribution in [2.75, 3.05) is 6.79 Å². The molecule has 1 aromatic rings. The SMILES string of the molecule is Cc1ccnc2c1OCO2. The van der Waals surface area contributed by atoms with Gasteiger partial charge in [0.1, 0.15) is 0 Å². The molecule has 3 heteroatoms. The van der Waals surface area contributed by atoms with E-state index >= 15 is 0 Å². The molecule has 0 fully saturated rings. The van der Waals surface area contributed by atoms with Crippen molar-refractivity contribution in [2.24, 2.45) is 0 Å². The number of hydrogen-bond donors (Lipinski definition) is 0. The normalized spacial score (nSPS) is 13.7. The van der Waals surface area contributed by atoms with Crippen LogP contribution in [0.2, 0.25) is 0 Å². The molecule has 2 rings (SSSR count). The molecule has 1 aliphatic heterocycles. The minimum atomic E-state index is 0.299. The van der Waals surface area contributed by atoms with Gasteiger partial charge in [0.05, 0.1) is 0 Å². The molecular formula is C7H7NO2. The molecule has 0 amide bonds. The number of nitrogens with zero attached hydrogens (tertiary/aromatic N) is 1. The maximum atomic E-state index is 5.14. The van der Waals surface area contributed by atoms with Crippen molar-refractivity contribution < 1.29 is 9.47 Å². The van der Waals surface area contributed by atoms with E-state index in [2.05, 4.69) is 4.98 Å². The zero-order valence-electron chi connectivity index (χ0n) is 5.63. The van der Waals surface area contributed by atoms with Crippen LogP contribution in [-0.2, 0) is 0 Å². The Hall–Kier alpha value is -1.25. The van der Waals surface area contributed by atoms with Gasteiger partial charge in [-0.05, 0) is 18.6 Å². The number of aryl methyl sites for hydroxylation is 1. The van der Waals surface area contributed by atoms with Gasteiger partial charge in [-0.3, -0.25) is 0 Å². The number of fused-ring (bicyclic) bond motifs is 1. The first-order valence-electron chi connectivity index (χ1n) is 3.09. The van der Waals surface area contributed by atoms with Crippen molar-refractivity contribution in [3.8, 4) is 11.6 Å². The van der Waals surface area contributed by atoms with E-state index in [4.69, 9.17) is 9.47 Å². The zero-order valence-corrected chi connectivity index (χ0v) is 5.63. The summed E-state index contributed by atoms with van der Waals surface area (Å²) in [4.78, 5) is 3.97. The predicted molar refractivity (Wildman–Crippen MR) is 35.1 cm³/mol. The number of aromatic nitrogens is 1. The van der Waals surface area contributed by atoms with E-state index in [1.165, 1.54) is 0 Å². The number of ether oxygens (including phenoxy) is 2. The average molecular weight is 137 g/mol. The lowest BCUT2D eigenvalue weighted by atomic mass is 10.3. The first-order valence-corrected chi connectivity index (χ1v) is 3.09. The highest BCUT2D eigenvalue weighted by Crippen LogP contribution is 2.31. The quantitative estimate of drug-likeness (QED) is 0.537. The van der Waals surface area contributed by atoms with E-state index in [1.54, 1.807) is 6.20 Å². The van der Waals surface area contributed by atoms with Crippen molar-refractivity contribution in [2.45, 2.75) is 6.92 Å². The van der Waals surface area contributed by atoms with E-state index < -0.39 is 0 Å². The second-order valence-electron chi connectivity index (χ2n) is 2.17. The Morgan fingerprint density at radius 1 is 1.50 bits per heavy atom. The fourth-order valence-electron chi connectivity index (χ4n) is 0.942. The van der Waals surface area contributed by atoms with Gasteiger partial charge in [0, 0.05) is 6.20 Å². The van der Waals surface area contributed by atoms with Crippen LogP contribution in [0.3, 0.4) is 0 Å². The number of pyridine rings is 1. The van der Waals surface area contributed by atoms with E-state index in [1.807, 2.05) is 13.0 Å². The van der Waals surface area contributed by atoms with Gasteiger partial charge >= 0.3 is 0 Å². The Labute approximate surface area is 58.6 Å². The summed E-state index contributed by atoms with van der Waals surface area (Å²) in [5, 5.41) is 0. The molecule has 0 atom stereocenters. The third-order valence-electron chi connectivity index (χ3n) is 1.47. The van der Waals surface area contributed by atoms with Crippen molar-refractivity contribution in [1.29, 1.82) is 0 Å². The van der Waals surface area contributed by atoms with E-state index in [-0.39, 0.29) is 0 Å². The van der Waals surface area contributed by atoms with Gasteiger partial charge in [-0.2, -0.15) is 0 Å². The molecule has 0 radical (unpaired) electrons. The number of rotatable bonds is 0. The van der Waals surface area contributed by atoms with Gasteiger partial charge in [0.2, 0.25) is 6.79 Å². The van der Waals surface area contributed by atoms with Crippen LogP contribution in [0.15, 0.2) is 12.3 Å². The summed E-state index contributed by atoms with van der Waals surface area (Å²) in [6, 6.07) is 1.90. The van der Waals surface area contributed by atoms with Gasteiger partial charge in [-0.1, -0.05) is 0 Å². The Bertz CT molecular complexity index is 260. The van der Waals surface area contributed by atoms with Gasteiger partial charge in [0.25, 0.3) is 5.88 Å². The smallest absolute Gasteiger partial charge is 0.260 e. The molecule has 1 aromatic heterocycles. The van der Waals surface area contributed by atoms with Crippen LogP contribution >= 0.6 is 0 Å². The van der Waals surface area contributed by atoms with Crippen molar-refractivity contribution in [1.82, 2.24) is 4.98 Å². The summed E-state index contributed by atoms with van der Waals surface area (Å²) in [5.74, 6) is 1.39. The fraction of sp³-hybridized carbons (Fsp3) is 0.286. The lowest BCUT2D eigenvalue weighted by Gasteiger charge is -1.95. The summed E-state index contributed by atoms with van der Waals surface area (Å²) < 4.78 is 10.2. The lowest BCUT2D eigenvalue weighted by Crippen LogP contribution is -1.93. The summed E-state index contributed by atoms with van der Waals surface area (Å²) in [5.41, 5.74) is 1.07. The van der Waals surface area contributed by atoms with Crippen molar-refractivity contribution in [3.63, 3.8) is 0 Å². The summed E-state index contributed by atoms with van der Waals surface area (Å²) in [7, 11) is 0. The third kappa shape index (κ3) is 0.635. The van der Waals surface area contributed by atoms with E-state index in [9.17, 15) is 0 Å². The average Bonchev–Trinajstić information content (AvgIpc) is 2.36. The Morgan fingerprint density at radius 3 is 3.20 bits per heavy atom. The van der Waals surface area contributed by atoms with E-state index in [0.29, 0.717) is 12.7 Å². The topological polar surface area (TPSA) is 31.4 Å². The first-order chi connectivity index (χ1) is 4.88. The van der Waals surface area contributed by atoms with Gasteiger partial charge in [-0.25, -0.2) is 4.98 Å². The molecule has 1 aliphatic rings. The molecule has 10 heavy (non-hydrogen) atoms. The van der Waals surface area contributed by atoms with Gasteiger partial charge in [0.15, 0.2) is 5.75 Å². The zero-order chi connectivity index (χ0) is 6.97. The highest BCUT2D eigenvalue weighted by molar-refractivity contribution is 5.41. The van der Waals surface area contributed by atoms with Crippen molar-refractivity contribution >= 4 is 0 Å². The van der Waals surface area contributed by atoms with Crippen LogP contribution in [0.5, 0.6) is 11.6 Å². The van der Waals surface area contributed by atoms with Gasteiger partial charge < -0.3 is 9.47 Å². The first kappa shape index (κ1) is 5.53. The minimum absolute atomic E-state index is 0.299. The Morgan fingerprint density at radius 2 is 2.40 bits per heavy atom. The molecular weight excluding hydrogens is 130 g/mol. The molecule has 2 heterocycles. The highest BCUT2D eigenvalue weighted by atomic mass is 16.7. The maximum absolute atomic E-state index is 5.14. The molecule has 0 saturated heterocycles. The minimum Gasteiger partial charge on any atom is -0.451 e. The molecule has 0 N–H and O–H groups in total. The van der Waals surface area contributed by atoms with Crippen molar-refractivity contribution in [3.05, 3.63) is 17.8 Å². The van der Waals surface area contributed by atoms with Crippen LogP contribution in [0.25, 0.3) is 0 Å². The number of hydrogen-bond acceptors (Lipinski definition) is 3. The highest BCUT2D eigenvalue weighted by Gasteiger charge is 2.15. The second-order valence-corrected chi connectivity index (χ2v) is 2.17. The fourth-order valence-corrected chi connectivity index (χ4v) is 0.942. The van der Waals surface area contributed by atoms with Gasteiger partial charge in [-0.15, -0.1) is 0 Å². The molecule has 0 unspecified atom stereocenters. The largest absolute Gasteiger partial charge is 0.451 e.